The third-order valence-electron chi connectivity index (χ3n) is 0.309. The van der Waals surface area contributed by atoms with E-state index in [1.54, 1.807) is 0 Å². The second-order valence-electron chi connectivity index (χ2n) is 0.910. The van der Waals surface area contributed by atoms with E-state index in [-0.39, 0.29) is 31.0 Å². The minimum atomic E-state index is -1.46. The molecule has 4 N–H and O–H groups in total. The normalized spacial score (nSPS) is 6.90. The molecule has 0 aromatic heterocycles. The van der Waals surface area contributed by atoms with Crippen molar-refractivity contribution in [3.63, 3.8) is 0 Å². The SMILES string of the molecule is NC(=O)NOC(=O)OO.[H-].[Na+]. The molecule has 0 bridgehead atoms. The standard InChI is InChI=1S/C2H4N2O5.Na.H/c3-1(5)4-8-2(6)9-7;;/h7H,(H3,3,4,5);;/q;+1;-1. The van der Waals surface area contributed by atoms with E-state index in [2.05, 4.69) is 15.5 Å². The van der Waals surface area contributed by atoms with Crippen molar-refractivity contribution in [1.29, 1.82) is 0 Å². The Labute approximate surface area is 79.1 Å². The van der Waals surface area contributed by atoms with Crippen LogP contribution in [0.5, 0.6) is 0 Å². The number of carbonyl (C=O) groups excluding carboxylic acids is 2. The molecule has 0 saturated carbocycles. The number of amides is 2. The maximum Gasteiger partial charge on any atom is 1.00 e. The Hall–Kier alpha value is -0.500. The summed E-state index contributed by atoms with van der Waals surface area (Å²) in [5.41, 5.74) is 5.83. The van der Waals surface area contributed by atoms with Crippen LogP contribution in [0, 0.1) is 0 Å². The summed E-state index contributed by atoms with van der Waals surface area (Å²) in [6.45, 7) is 0. The summed E-state index contributed by atoms with van der Waals surface area (Å²) in [5, 5.41) is 7.48. The van der Waals surface area contributed by atoms with Crippen molar-refractivity contribution < 1.29 is 55.6 Å². The Morgan fingerprint density at radius 1 is 1.60 bits per heavy atom. The van der Waals surface area contributed by atoms with Gasteiger partial charge in [-0.15, -0.1) is 0 Å². The molecule has 0 radical (unpaired) electrons. The first-order valence-electron chi connectivity index (χ1n) is 1.74. The maximum atomic E-state index is 9.75. The van der Waals surface area contributed by atoms with Gasteiger partial charge in [-0.3, -0.25) is 4.89 Å². The van der Waals surface area contributed by atoms with Gasteiger partial charge in [-0.2, -0.15) is 15.5 Å². The van der Waals surface area contributed by atoms with Gasteiger partial charge in [0.05, 0.1) is 0 Å². The Morgan fingerprint density at radius 3 is 2.40 bits per heavy atom. The molecule has 0 rings (SSSR count). The summed E-state index contributed by atoms with van der Waals surface area (Å²) in [5.74, 6) is 0. The number of nitrogens with one attached hydrogen (secondary N) is 1. The summed E-state index contributed by atoms with van der Waals surface area (Å²) in [6, 6.07) is -1.07. The fourth-order valence-electron chi connectivity index (χ4n) is 0.111. The molecule has 54 valence electrons. The van der Waals surface area contributed by atoms with Gasteiger partial charge in [-0.05, 0) is 0 Å². The van der Waals surface area contributed by atoms with E-state index >= 15 is 0 Å². The van der Waals surface area contributed by atoms with Crippen molar-refractivity contribution in [2.75, 3.05) is 0 Å². The van der Waals surface area contributed by atoms with Crippen LogP contribution in [0.25, 0.3) is 0 Å². The van der Waals surface area contributed by atoms with Gasteiger partial charge in [-0.25, -0.2) is 4.79 Å². The van der Waals surface area contributed by atoms with Gasteiger partial charge in [0.1, 0.15) is 0 Å². The number of hydroxylamine groups is 1. The summed E-state index contributed by atoms with van der Waals surface area (Å²) >= 11 is 0. The zero-order valence-corrected chi connectivity index (χ0v) is 7.16. The van der Waals surface area contributed by atoms with Crippen molar-refractivity contribution in [3.05, 3.63) is 0 Å². The molecular weight excluding hydrogens is 155 g/mol. The fourth-order valence-corrected chi connectivity index (χ4v) is 0.111. The average molecular weight is 160 g/mol. The summed E-state index contributed by atoms with van der Waals surface area (Å²) in [6.07, 6.45) is -1.46. The van der Waals surface area contributed by atoms with Crippen LogP contribution in [-0.2, 0) is 9.73 Å². The van der Waals surface area contributed by atoms with Gasteiger partial charge >= 0.3 is 41.7 Å². The molecule has 0 atom stereocenters. The smallest absolute Gasteiger partial charge is 1.00 e. The predicted molar refractivity (Wildman–Crippen MR) is 24.0 cm³/mol. The van der Waals surface area contributed by atoms with Gasteiger partial charge in [0.25, 0.3) is 0 Å². The maximum absolute atomic E-state index is 9.75. The Morgan fingerprint density at radius 2 is 2.10 bits per heavy atom. The molecule has 0 aromatic rings. The van der Waals surface area contributed by atoms with E-state index in [1.807, 2.05) is 0 Å². The number of carbonyl (C=O) groups is 2. The Balaban J connectivity index is -0.000000320. The first-order chi connectivity index (χ1) is 4.16. The van der Waals surface area contributed by atoms with E-state index in [0.29, 0.717) is 0 Å². The van der Waals surface area contributed by atoms with Crippen LogP contribution < -0.4 is 40.8 Å². The van der Waals surface area contributed by atoms with Crippen molar-refractivity contribution in [1.82, 2.24) is 5.48 Å². The molecule has 0 saturated heterocycles. The van der Waals surface area contributed by atoms with Crippen LogP contribution in [0.2, 0.25) is 0 Å². The zero-order valence-electron chi connectivity index (χ0n) is 6.16. The van der Waals surface area contributed by atoms with Crippen molar-refractivity contribution >= 4 is 12.2 Å². The molecule has 8 heteroatoms. The minimum absolute atomic E-state index is 0. The molecule has 0 fully saturated rings. The van der Waals surface area contributed by atoms with E-state index in [1.165, 1.54) is 5.48 Å². The predicted octanol–water partition coefficient (Wildman–Crippen LogP) is -3.69. The van der Waals surface area contributed by atoms with E-state index in [9.17, 15) is 9.59 Å². The molecule has 0 unspecified atom stereocenters. The summed E-state index contributed by atoms with van der Waals surface area (Å²) in [4.78, 5) is 26.1. The molecule has 0 spiro atoms. The molecule has 7 nitrogen and oxygen atoms in total. The molecule has 10 heavy (non-hydrogen) atoms. The summed E-state index contributed by atoms with van der Waals surface area (Å²) in [7, 11) is 0. The largest absolute Gasteiger partial charge is 1.00 e. The number of primary amides is 1. The molecule has 0 aliphatic carbocycles. The second-order valence-corrected chi connectivity index (χ2v) is 0.910. The first-order valence-corrected chi connectivity index (χ1v) is 1.74. The molecule has 0 aliphatic rings. The third kappa shape index (κ3) is 7.50. The van der Waals surface area contributed by atoms with Gasteiger partial charge in [0.2, 0.25) is 0 Å². The second kappa shape index (κ2) is 6.62. The molecule has 0 aromatic carbocycles. The van der Waals surface area contributed by atoms with E-state index < -0.39 is 12.2 Å². The van der Waals surface area contributed by atoms with E-state index in [0.717, 1.165) is 0 Å². The quantitative estimate of drug-likeness (QED) is 0.192. The topological polar surface area (TPSA) is 111 Å². The summed E-state index contributed by atoms with van der Waals surface area (Å²) < 4.78 is 0. The third-order valence-corrected chi connectivity index (χ3v) is 0.309. The minimum Gasteiger partial charge on any atom is -1.00 e. The van der Waals surface area contributed by atoms with Crippen molar-refractivity contribution in [2.24, 2.45) is 5.73 Å². The van der Waals surface area contributed by atoms with E-state index in [4.69, 9.17) is 5.26 Å². The first kappa shape index (κ1) is 12.2. The molecule has 0 heterocycles. The number of rotatable bonds is 0. The zero-order chi connectivity index (χ0) is 7.28. The molecule has 0 aliphatic heterocycles. The van der Waals surface area contributed by atoms with Crippen LogP contribution in [0.4, 0.5) is 9.59 Å². The average Bonchev–Trinajstić information content (AvgIpc) is 1.83. The van der Waals surface area contributed by atoms with Gasteiger partial charge in [-0.1, -0.05) is 0 Å². The fraction of sp³-hybridized carbons (Fsp3) is 0. The van der Waals surface area contributed by atoms with Crippen LogP contribution in [0.3, 0.4) is 0 Å². The number of nitrogens with two attached hydrogens (primary N) is 1. The molecular formula is C2H5N2NaO5. The van der Waals surface area contributed by atoms with Crippen LogP contribution in [0.15, 0.2) is 0 Å². The van der Waals surface area contributed by atoms with Crippen LogP contribution in [0.1, 0.15) is 1.43 Å². The number of hydrogen-bond acceptors (Lipinski definition) is 5. The molecule has 2 amide bonds. The monoisotopic (exact) mass is 160 g/mol. The van der Waals surface area contributed by atoms with Crippen LogP contribution >= 0.6 is 0 Å². The van der Waals surface area contributed by atoms with Gasteiger partial charge in [0, 0.05) is 0 Å². The van der Waals surface area contributed by atoms with Gasteiger partial charge in [0.15, 0.2) is 0 Å². The van der Waals surface area contributed by atoms with Crippen molar-refractivity contribution in [2.45, 2.75) is 0 Å². The Bertz CT molecular complexity index is 132. The number of urea groups is 1. The number of hydrogen-bond donors (Lipinski definition) is 3. The van der Waals surface area contributed by atoms with Crippen LogP contribution in [-0.4, -0.2) is 17.4 Å². The van der Waals surface area contributed by atoms with Gasteiger partial charge < -0.3 is 12.0 Å². The Kier molecular flexibility index (Phi) is 8.07. The van der Waals surface area contributed by atoms with Crippen molar-refractivity contribution in [3.8, 4) is 0 Å².